The molecule has 0 fully saturated rings. The van der Waals surface area contributed by atoms with Gasteiger partial charge in [-0.1, -0.05) is 90.0 Å². The number of aromatic nitrogens is 6. The van der Waals surface area contributed by atoms with Crippen molar-refractivity contribution in [2.45, 2.75) is 38.7 Å². The predicted molar refractivity (Wildman–Crippen MR) is 190 cm³/mol. The number of hydrogen-bond acceptors (Lipinski definition) is 9. The number of imidazole rings is 2. The molecule has 7 rings (SSSR count). The van der Waals surface area contributed by atoms with Crippen molar-refractivity contribution in [2.75, 3.05) is 12.9 Å². The topological polar surface area (TPSA) is 131 Å². The van der Waals surface area contributed by atoms with Crippen LogP contribution in [0.25, 0.3) is 22.3 Å². The van der Waals surface area contributed by atoms with Gasteiger partial charge in [-0.05, 0) is 54.8 Å². The summed E-state index contributed by atoms with van der Waals surface area (Å²) in [6, 6.07) is 33.3. The predicted octanol–water partition coefficient (Wildman–Crippen LogP) is 6.10. The Bertz CT molecular complexity index is 2340. The summed E-state index contributed by atoms with van der Waals surface area (Å²) in [5, 5.41) is 0.0526. The summed E-state index contributed by atoms with van der Waals surface area (Å²) < 4.78 is 38.4. The van der Waals surface area contributed by atoms with E-state index >= 15 is 0 Å². The molecule has 7 aromatic rings. The number of carbonyl (C=O) groups is 1. The van der Waals surface area contributed by atoms with Gasteiger partial charge in [0, 0.05) is 18.6 Å². The summed E-state index contributed by atoms with van der Waals surface area (Å²) in [6.07, 6.45) is 4.52. The molecular formula is C38H36N6O5S. The largest absolute Gasteiger partial charge is 0.458 e. The molecule has 0 saturated heterocycles. The van der Waals surface area contributed by atoms with Crippen molar-refractivity contribution >= 4 is 38.1 Å². The van der Waals surface area contributed by atoms with E-state index in [2.05, 4.69) is 44.2 Å². The molecule has 0 saturated carbocycles. The van der Waals surface area contributed by atoms with Crippen LogP contribution in [0.4, 0.5) is 0 Å². The van der Waals surface area contributed by atoms with Crippen molar-refractivity contribution in [3.63, 3.8) is 0 Å². The van der Waals surface area contributed by atoms with Crippen LogP contribution in [-0.4, -0.2) is 56.3 Å². The minimum Gasteiger partial charge on any atom is -0.458 e. The number of hydrogen-bond donors (Lipinski definition) is 0. The van der Waals surface area contributed by atoms with Crippen molar-refractivity contribution in [3.05, 3.63) is 143 Å². The lowest BCUT2D eigenvalue weighted by Crippen LogP contribution is -2.17. The Kier molecular flexibility index (Phi) is 10.3. The lowest BCUT2D eigenvalue weighted by Gasteiger charge is -2.10. The molecule has 0 spiro atoms. The minimum absolute atomic E-state index is 0.0526. The average Bonchev–Trinajstić information content (AvgIpc) is 3.67. The number of ether oxygens (including phenoxy) is 2. The van der Waals surface area contributed by atoms with Crippen LogP contribution in [-0.2, 0) is 39.1 Å². The maximum absolute atomic E-state index is 12.1. The van der Waals surface area contributed by atoms with E-state index in [1.54, 1.807) is 29.1 Å². The lowest BCUT2D eigenvalue weighted by molar-refractivity contribution is -0.147. The summed E-state index contributed by atoms with van der Waals surface area (Å²) in [6.45, 7) is 5.03. The van der Waals surface area contributed by atoms with E-state index in [1.807, 2.05) is 85.1 Å². The van der Waals surface area contributed by atoms with Gasteiger partial charge in [0.15, 0.2) is 17.9 Å². The number of carbonyl (C=O) groups excluding carboxylic acids is 1. The quantitative estimate of drug-likeness (QED) is 0.156. The highest BCUT2D eigenvalue weighted by molar-refractivity contribution is 7.90. The number of aryl methyl sites for hydroxylation is 2. The van der Waals surface area contributed by atoms with Gasteiger partial charge in [0.1, 0.15) is 17.6 Å². The van der Waals surface area contributed by atoms with Gasteiger partial charge in [0.2, 0.25) is 15.0 Å². The fourth-order valence-corrected chi connectivity index (χ4v) is 6.02. The Morgan fingerprint density at radius 3 is 1.78 bits per heavy atom. The number of sulfone groups is 1. The van der Waals surface area contributed by atoms with Crippen molar-refractivity contribution < 1.29 is 22.7 Å². The fourth-order valence-electron chi connectivity index (χ4n) is 5.21. The SMILES string of the molecule is Cc1ccc(Cn2c(OCC(=O)OCc3ccccc3)nc3cccnc32)cc1.Cc1ccc(Cn2c(S(C)(=O)=O)nc3cccnc32)cc1. The second kappa shape index (κ2) is 15.1. The zero-order chi connectivity index (χ0) is 35.1. The van der Waals surface area contributed by atoms with Crippen LogP contribution < -0.4 is 4.74 Å². The lowest BCUT2D eigenvalue weighted by atomic mass is 10.1. The molecule has 0 radical (unpaired) electrons. The van der Waals surface area contributed by atoms with Crippen molar-refractivity contribution in [3.8, 4) is 6.01 Å². The number of fused-ring (bicyclic) bond motifs is 2. The van der Waals surface area contributed by atoms with Crippen molar-refractivity contribution in [2.24, 2.45) is 0 Å². The Morgan fingerprint density at radius 1 is 0.660 bits per heavy atom. The Hall–Kier alpha value is -5.88. The number of nitrogens with zero attached hydrogens (tertiary/aromatic N) is 6. The third-order valence-electron chi connectivity index (χ3n) is 7.75. The first kappa shape index (κ1) is 34.0. The second-order valence-corrected chi connectivity index (χ2v) is 13.7. The molecule has 0 unspecified atom stereocenters. The maximum atomic E-state index is 12.1. The summed E-state index contributed by atoms with van der Waals surface area (Å²) in [7, 11) is -3.41. The number of pyridine rings is 2. The third-order valence-corrected chi connectivity index (χ3v) is 8.73. The summed E-state index contributed by atoms with van der Waals surface area (Å²) in [5.74, 6) is -0.448. The third kappa shape index (κ3) is 8.39. The normalized spacial score (nSPS) is 11.3. The molecule has 0 aliphatic carbocycles. The monoisotopic (exact) mass is 688 g/mol. The van der Waals surface area contributed by atoms with E-state index in [-0.39, 0.29) is 18.4 Å². The highest BCUT2D eigenvalue weighted by Gasteiger charge is 2.20. The van der Waals surface area contributed by atoms with E-state index in [9.17, 15) is 13.2 Å². The van der Waals surface area contributed by atoms with Gasteiger partial charge < -0.3 is 9.47 Å². The van der Waals surface area contributed by atoms with E-state index in [0.29, 0.717) is 41.4 Å². The fraction of sp³-hybridized carbons (Fsp3) is 0.184. The standard InChI is InChI=1S/C23H21N3O3.C15H15N3O2S/c1-17-9-11-18(12-10-17)14-26-22-20(8-5-13-24-22)25-23(26)29-16-21(27)28-15-19-6-3-2-4-7-19;1-11-5-7-12(8-6-11)10-18-14-13(4-3-9-16-14)17-15(18)21(2,19)20/h2-13H,14-16H2,1H3;3-9H,10H2,1-2H3. The van der Waals surface area contributed by atoms with Crippen LogP contribution >= 0.6 is 0 Å². The average molecular weight is 689 g/mol. The Morgan fingerprint density at radius 2 is 1.20 bits per heavy atom. The molecule has 11 nitrogen and oxygen atoms in total. The van der Waals surface area contributed by atoms with Gasteiger partial charge in [0.05, 0.1) is 13.1 Å². The molecule has 254 valence electrons. The van der Waals surface area contributed by atoms with Crippen LogP contribution in [0.15, 0.2) is 121 Å². The Labute approximate surface area is 290 Å². The van der Waals surface area contributed by atoms with Gasteiger partial charge in [-0.3, -0.25) is 9.13 Å². The Balaban J connectivity index is 0.000000182. The van der Waals surface area contributed by atoms with E-state index < -0.39 is 15.8 Å². The summed E-state index contributed by atoms with van der Waals surface area (Å²) >= 11 is 0. The minimum atomic E-state index is -3.41. The molecule has 4 aromatic heterocycles. The van der Waals surface area contributed by atoms with E-state index in [1.165, 1.54) is 11.8 Å². The van der Waals surface area contributed by atoms with Crippen LogP contribution in [0.2, 0.25) is 0 Å². The zero-order valence-electron chi connectivity index (χ0n) is 27.9. The molecule has 4 heterocycles. The number of benzene rings is 3. The zero-order valence-corrected chi connectivity index (χ0v) is 28.7. The first-order chi connectivity index (χ1) is 24.1. The van der Waals surface area contributed by atoms with Gasteiger partial charge in [-0.2, -0.15) is 4.98 Å². The van der Waals surface area contributed by atoms with Crippen LogP contribution in [0, 0.1) is 13.8 Å². The summed E-state index contributed by atoms with van der Waals surface area (Å²) in [4.78, 5) is 29.5. The van der Waals surface area contributed by atoms with Crippen molar-refractivity contribution in [1.82, 2.24) is 29.1 Å². The van der Waals surface area contributed by atoms with E-state index in [0.717, 1.165) is 22.3 Å². The van der Waals surface area contributed by atoms with Gasteiger partial charge in [0.25, 0.3) is 6.01 Å². The highest BCUT2D eigenvalue weighted by Crippen LogP contribution is 2.22. The van der Waals surface area contributed by atoms with Crippen LogP contribution in [0.1, 0.15) is 27.8 Å². The molecule has 0 bridgehead atoms. The van der Waals surface area contributed by atoms with Crippen LogP contribution in [0.5, 0.6) is 6.01 Å². The molecule has 0 atom stereocenters. The molecular weight excluding hydrogens is 653 g/mol. The molecule has 50 heavy (non-hydrogen) atoms. The molecule has 0 aliphatic rings. The number of rotatable bonds is 10. The number of esters is 1. The van der Waals surface area contributed by atoms with Gasteiger partial charge in [-0.15, -0.1) is 0 Å². The van der Waals surface area contributed by atoms with Gasteiger partial charge >= 0.3 is 5.97 Å². The van der Waals surface area contributed by atoms with E-state index in [4.69, 9.17) is 9.47 Å². The molecule has 0 aliphatic heterocycles. The molecule has 12 heteroatoms. The van der Waals surface area contributed by atoms with Gasteiger partial charge in [-0.25, -0.2) is 28.2 Å². The molecule has 0 amide bonds. The first-order valence-electron chi connectivity index (χ1n) is 15.9. The van der Waals surface area contributed by atoms with Crippen LogP contribution in [0.3, 0.4) is 0 Å². The second-order valence-electron chi connectivity index (χ2n) is 11.8. The highest BCUT2D eigenvalue weighted by atomic mass is 32.2. The first-order valence-corrected chi connectivity index (χ1v) is 17.8. The molecule has 3 aromatic carbocycles. The summed E-state index contributed by atoms with van der Waals surface area (Å²) in [5.41, 5.74) is 7.98. The maximum Gasteiger partial charge on any atom is 0.344 e. The molecule has 0 N–H and O–H groups in total. The van der Waals surface area contributed by atoms with Crippen molar-refractivity contribution in [1.29, 1.82) is 0 Å². The smallest absolute Gasteiger partial charge is 0.344 e.